The van der Waals surface area contributed by atoms with E-state index in [9.17, 15) is 9.90 Å². The molecule has 0 aliphatic heterocycles. The van der Waals surface area contributed by atoms with Crippen LogP contribution in [0.4, 0.5) is 5.69 Å². The molecule has 0 atom stereocenters. The molecule has 0 saturated carbocycles. The highest BCUT2D eigenvalue weighted by atomic mass is 16.5. The summed E-state index contributed by atoms with van der Waals surface area (Å²) in [6, 6.07) is 13.2. The first-order valence-corrected chi connectivity index (χ1v) is 8.46. The van der Waals surface area contributed by atoms with Gasteiger partial charge >= 0.3 is 5.91 Å². The zero-order valence-electron chi connectivity index (χ0n) is 15.1. The summed E-state index contributed by atoms with van der Waals surface area (Å²) in [5.74, 6) is 0.128. The van der Waals surface area contributed by atoms with Gasteiger partial charge in [-0.2, -0.15) is 0 Å². The Morgan fingerprint density at radius 3 is 2.69 bits per heavy atom. The predicted octanol–water partition coefficient (Wildman–Crippen LogP) is 4.67. The topological polar surface area (TPSA) is 76.2 Å². The van der Waals surface area contributed by atoms with E-state index < -0.39 is 5.91 Å². The van der Waals surface area contributed by atoms with Crippen LogP contribution in [0.2, 0.25) is 0 Å². The van der Waals surface area contributed by atoms with Crippen molar-refractivity contribution < 1.29 is 14.6 Å². The van der Waals surface area contributed by atoms with Gasteiger partial charge in [0.1, 0.15) is 5.75 Å². The van der Waals surface area contributed by atoms with Crippen LogP contribution in [0.15, 0.2) is 52.7 Å². The summed E-state index contributed by atoms with van der Waals surface area (Å²) in [5, 5.41) is 18.8. The molecule has 1 N–H and O–H groups in total. The summed E-state index contributed by atoms with van der Waals surface area (Å²) in [7, 11) is 0. The molecule has 0 spiro atoms. The Morgan fingerprint density at radius 1 is 1.19 bits per heavy atom. The molecule has 26 heavy (non-hydrogen) atoms. The van der Waals surface area contributed by atoms with Gasteiger partial charge in [-0.15, -0.1) is 10.2 Å². The maximum Gasteiger partial charge on any atom is 0.302 e. The minimum Gasteiger partial charge on any atom is -0.493 e. The zero-order valence-corrected chi connectivity index (χ0v) is 15.1. The SMILES string of the molecule is CCn1c(O)c(N=NC(=O)COc2ccc(C)cc2C)c2ccccc21. The van der Waals surface area contributed by atoms with Crippen LogP contribution >= 0.6 is 0 Å². The Hall–Kier alpha value is -3.15. The van der Waals surface area contributed by atoms with Crippen molar-refractivity contribution in [2.75, 3.05) is 6.61 Å². The molecule has 0 aliphatic rings. The number of carbonyl (C=O) groups is 1. The number of hydrogen-bond donors (Lipinski definition) is 1. The molecule has 3 rings (SSSR count). The van der Waals surface area contributed by atoms with Gasteiger partial charge in [-0.3, -0.25) is 4.79 Å². The second-order valence-electron chi connectivity index (χ2n) is 6.08. The molecule has 1 heterocycles. The van der Waals surface area contributed by atoms with Gasteiger partial charge in [0.15, 0.2) is 12.3 Å². The number of aromatic nitrogens is 1. The quantitative estimate of drug-likeness (QED) is 0.679. The van der Waals surface area contributed by atoms with Crippen LogP contribution in [0.5, 0.6) is 11.6 Å². The Bertz CT molecular complexity index is 989. The second kappa shape index (κ2) is 7.39. The van der Waals surface area contributed by atoms with E-state index >= 15 is 0 Å². The van der Waals surface area contributed by atoms with Crippen LogP contribution in [0, 0.1) is 13.8 Å². The number of ether oxygens (including phenoxy) is 1. The zero-order chi connectivity index (χ0) is 18.7. The molecule has 1 aromatic heterocycles. The highest BCUT2D eigenvalue weighted by Gasteiger charge is 2.15. The van der Waals surface area contributed by atoms with Gasteiger partial charge in [0.05, 0.1) is 5.52 Å². The van der Waals surface area contributed by atoms with Crippen molar-refractivity contribution in [1.29, 1.82) is 0 Å². The van der Waals surface area contributed by atoms with Crippen molar-refractivity contribution in [3.8, 4) is 11.6 Å². The van der Waals surface area contributed by atoms with Gasteiger partial charge in [0.2, 0.25) is 5.88 Å². The molecule has 1 amide bonds. The third-order valence-electron chi connectivity index (χ3n) is 4.18. The molecule has 134 valence electrons. The molecule has 0 unspecified atom stereocenters. The molecule has 0 radical (unpaired) electrons. The Morgan fingerprint density at radius 2 is 1.96 bits per heavy atom. The fourth-order valence-corrected chi connectivity index (χ4v) is 2.93. The number of nitrogens with zero attached hydrogens (tertiary/aromatic N) is 3. The third kappa shape index (κ3) is 3.44. The summed E-state index contributed by atoms with van der Waals surface area (Å²) in [4.78, 5) is 12.0. The first-order valence-electron chi connectivity index (χ1n) is 8.46. The van der Waals surface area contributed by atoms with Crippen LogP contribution in [0.1, 0.15) is 18.1 Å². The maximum absolute atomic E-state index is 12.0. The van der Waals surface area contributed by atoms with Crippen molar-refractivity contribution in [3.63, 3.8) is 0 Å². The van der Waals surface area contributed by atoms with Crippen molar-refractivity contribution >= 4 is 22.5 Å². The largest absolute Gasteiger partial charge is 0.493 e. The molecule has 0 saturated heterocycles. The van der Waals surface area contributed by atoms with Gasteiger partial charge in [-0.25, -0.2) is 0 Å². The van der Waals surface area contributed by atoms with E-state index in [-0.39, 0.29) is 12.5 Å². The number of azo groups is 1. The standard InChI is InChI=1S/C20H21N3O3/c1-4-23-16-8-6-5-7-15(16)19(20(23)25)22-21-18(24)12-26-17-10-9-13(2)11-14(17)3/h5-11,25H,4,12H2,1-3H3. The fourth-order valence-electron chi connectivity index (χ4n) is 2.93. The summed E-state index contributed by atoms with van der Waals surface area (Å²) in [6.45, 7) is 6.23. The predicted molar refractivity (Wildman–Crippen MR) is 100 cm³/mol. The molecule has 6 heteroatoms. The summed E-state index contributed by atoms with van der Waals surface area (Å²) < 4.78 is 7.24. The van der Waals surface area contributed by atoms with Gasteiger partial charge in [0.25, 0.3) is 0 Å². The van der Waals surface area contributed by atoms with Gasteiger partial charge < -0.3 is 14.4 Å². The number of carbonyl (C=O) groups excluding carboxylic acids is 1. The first-order chi connectivity index (χ1) is 12.5. The third-order valence-corrected chi connectivity index (χ3v) is 4.18. The minimum absolute atomic E-state index is 0.000507. The second-order valence-corrected chi connectivity index (χ2v) is 6.08. The van der Waals surface area contributed by atoms with Crippen LogP contribution in [-0.2, 0) is 11.3 Å². The highest BCUT2D eigenvalue weighted by molar-refractivity contribution is 5.95. The molecular weight excluding hydrogens is 330 g/mol. The average Bonchev–Trinajstić information content (AvgIpc) is 2.90. The van der Waals surface area contributed by atoms with E-state index in [0.29, 0.717) is 18.0 Å². The van der Waals surface area contributed by atoms with Crippen LogP contribution in [-0.4, -0.2) is 22.2 Å². The van der Waals surface area contributed by atoms with E-state index in [4.69, 9.17) is 4.74 Å². The van der Waals surface area contributed by atoms with Crippen molar-refractivity contribution in [3.05, 3.63) is 53.6 Å². The molecule has 3 aromatic rings. The van der Waals surface area contributed by atoms with Crippen molar-refractivity contribution in [2.24, 2.45) is 10.2 Å². The minimum atomic E-state index is -0.516. The highest BCUT2D eigenvalue weighted by Crippen LogP contribution is 2.38. The number of para-hydroxylation sites is 1. The summed E-state index contributed by atoms with van der Waals surface area (Å²) >= 11 is 0. The van der Waals surface area contributed by atoms with Crippen molar-refractivity contribution in [2.45, 2.75) is 27.3 Å². The average molecular weight is 351 g/mol. The first kappa shape index (κ1) is 17.7. The van der Waals surface area contributed by atoms with E-state index in [1.807, 2.05) is 63.2 Å². The van der Waals surface area contributed by atoms with Gasteiger partial charge in [-0.05, 0) is 38.5 Å². The molecule has 6 nitrogen and oxygen atoms in total. The summed E-state index contributed by atoms with van der Waals surface area (Å²) in [5.41, 5.74) is 3.23. The molecule has 0 bridgehead atoms. The van der Waals surface area contributed by atoms with E-state index in [1.165, 1.54) is 0 Å². The Balaban J connectivity index is 1.76. The molecule has 0 fully saturated rings. The lowest BCUT2D eigenvalue weighted by Gasteiger charge is -2.07. The number of aromatic hydroxyl groups is 1. The van der Waals surface area contributed by atoms with E-state index in [0.717, 1.165) is 22.0 Å². The van der Waals surface area contributed by atoms with E-state index in [1.54, 1.807) is 4.57 Å². The number of aryl methyl sites for hydroxylation is 3. The Labute approximate surface area is 151 Å². The summed E-state index contributed by atoms with van der Waals surface area (Å²) in [6.07, 6.45) is 0. The normalized spacial score (nSPS) is 11.3. The van der Waals surface area contributed by atoms with E-state index in [2.05, 4.69) is 10.2 Å². The van der Waals surface area contributed by atoms with Crippen LogP contribution in [0.3, 0.4) is 0 Å². The fraction of sp³-hybridized carbons (Fsp3) is 0.250. The van der Waals surface area contributed by atoms with Crippen molar-refractivity contribution in [1.82, 2.24) is 4.57 Å². The number of fused-ring (bicyclic) bond motifs is 1. The number of hydrogen-bond acceptors (Lipinski definition) is 4. The lowest BCUT2D eigenvalue weighted by molar-refractivity contribution is -0.120. The molecule has 0 aliphatic carbocycles. The maximum atomic E-state index is 12.0. The number of amides is 1. The monoisotopic (exact) mass is 351 g/mol. The van der Waals surface area contributed by atoms with Gasteiger partial charge in [-0.1, -0.05) is 35.9 Å². The van der Waals surface area contributed by atoms with Crippen LogP contribution in [0.25, 0.3) is 10.9 Å². The molecule has 2 aromatic carbocycles. The molecular formula is C20H21N3O3. The number of rotatable bonds is 5. The lowest BCUT2D eigenvalue weighted by Crippen LogP contribution is -2.08. The number of benzene rings is 2. The van der Waals surface area contributed by atoms with Gasteiger partial charge in [0, 0.05) is 11.9 Å². The smallest absolute Gasteiger partial charge is 0.302 e. The van der Waals surface area contributed by atoms with Crippen LogP contribution < -0.4 is 4.74 Å². The lowest BCUT2D eigenvalue weighted by atomic mass is 10.1. The Kier molecular flexibility index (Phi) is 5.02.